The first-order chi connectivity index (χ1) is 9.63. The average molecular weight is 405 g/mol. The Morgan fingerprint density at radius 1 is 1.43 bits per heavy atom. The molecule has 1 fully saturated rings. The second-order valence-electron chi connectivity index (χ2n) is 5.54. The molecule has 0 bridgehead atoms. The Morgan fingerprint density at radius 2 is 2.19 bits per heavy atom. The minimum atomic E-state index is -0.155. The lowest BCUT2D eigenvalue weighted by atomic mass is 10.1. The number of aryl methyl sites for hydroxylation is 1. The summed E-state index contributed by atoms with van der Waals surface area (Å²) in [6.45, 7) is 4.57. The number of aliphatic imine (C=N–C) groups is 1. The van der Waals surface area contributed by atoms with Crippen LogP contribution in [0.25, 0.3) is 0 Å². The lowest BCUT2D eigenvalue weighted by molar-refractivity contribution is 0.615. The van der Waals surface area contributed by atoms with Gasteiger partial charge in [-0.15, -0.1) is 24.0 Å². The van der Waals surface area contributed by atoms with Crippen molar-refractivity contribution < 1.29 is 4.39 Å². The largest absolute Gasteiger partial charge is 0.353 e. The fourth-order valence-electron chi connectivity index (χ4n) is 2.42. The molecular formula is C16H25FIN3. The minimum absolute atomic E-state index is 0. The summed E-state index contributed by atoms with van der Waals surface area (Å²) in [6.07, 6.45) is 3.74. The second kappa shape index (κ2) is 8.56. The van der Waals surface area contributed by atoms with Crippen molar-refractivity contribution in [3.05, 3.63) is 35.1 Å². The number of nitrogens with one attached hydrogen (secondary N) is 2. The van der Waals surface area contributed by atoms with E-state index in [0.717, 1.165) is 17.4 Å². The monoisotopic (exact) mass is 405 g/mol. The summed E-state index contributed by atoms with van der Waals surface area (Å²) in [5.41, 5.74) is 1.61. The molecule has 118 valence electrons. The zero-order chi connectivity index (χ0) is 14.5. The van der Waals surface area contributed by atoms with Gasteiger partial charge in [-0.25, -0.2) is 4.39 Å². The molecule has 0 amide bonds. The van der Waals surface area contributed by atoms with E-state index in [4.69, 9.17) is 0 Å². The summed E-state index contributed by atoms with van der Waals surface area (Å²) in [5, 5.41) is 6.66. The van der Waals surface area contributed by atoms with E-state index >= 15 is 0 Å². The number of halogens is 2. The van der Waals surface area contributed by atoms with Gasteiger partial charge in [-0.3, -0.25) is 4.99 Å². The van der Waals surface area contributed by atoms with Crippen LogP contribution < -0.4 is 10.6 Å². The van der Waals surface area contributed by atoms with Crippen LogP contribution in [0.15, 0.2) is 23.2 Å². The molecular weight excluding hydrogens is 380 g/mol. The summed E-state index contributed by atoms with van der Waals surface area (Å²) in [7, 11) is 1.77. The highest BCUT2D eigenvalue weighted by Crippen LogP contribution is 2.34. The van der Waals surface area contributed by atoms with Gasteiger partial charge in [-0.1, -0.05) is 25.5 Å². The molecule has 0 aromatic heterocycles. The van der Waals surface area contributed by atoms with E-state index in [0.29, 0.717) is 18.2 Å². The molecule has 1 aromatic carbocycles. The summed E-state index contributed by atoms with van der Waals surface area (Å²) in [6, 6.07) is 5.87. The van der Waals surface area contributed by atoms with Crippen LogP contribution >= 0.6 is 24.0 Å². The zero-order valence-corrected chi connectivity index (χ0v) is 15.3. The Hall–Kier alpha value is -0.850. The van der Waals surface area contributed by atoms with Gasteiger partial charge < -0.3 is 10.6 Å². The van der Waals surface area contributed by atoms with Crippen molar-refractivity contribution in [2.75, 3.05) is 7.05 Å². The Morgan fingerprint density at radius 3 is 2.81 bits per heavy atom. The van der Waals surface area contributed by atoms with Crippen molar-refractivity contribution in [3.8, 4) is 0 Å². The molecule has 0 aliphatic heterocycles. The lowest BCUT2D eigenvalue weighted by Gasteiger charge is -2.12. The van der Waals surface area contributed by atoms with Gasteiger partial charge in [-0.05, 0) is 42.9 Å². The Kier molecular flexibility index (Phi) is 7.42. The third kappa shape index (κ3) is 5.45. The Bertz CT molecular complexity index is 490. The lowest BCUT2D eigenvalue weighted by Crippen LogP contribution is -2.38. The quantitative estimate of drug-likeness (QED) is 0.446. The first-order valence-electron chi connectivity index (χ1n) is 7.36. The third-order valence-corrected chi connectivity index (χ3v) is 3.82. The summed E-state index contributed by atoms with van der Waals surface area (Å²) in [4.78, 5) is 4.22. The average Bonchev–Trinajstić information content (AvgIpc) is 3.17. The number of guanidine groups is 1. The standard InChI is InChI=1S/C16H24FN3.HI/c1-4-5-13-9-15(13)20-16(18-3)19-10-12-7-6-11(2)14(17)8-12;/h6-8,13,15H,4-5,9-10H2,1-3H3,(H2,18,19,20);1H. The molecule has 2 atom stereocenters. The summed E-state index contributed by atoms with van der Waals surface area (Å²) < 4.78 is 13.5. The fourth-order valence-corrected chi connectivity index (χ4v) is 2.42. The van der Waals surface area contributed by atoms with Crippen LogP contribution in [0.2, 0.25) is 0 Å². The molecule has 2 N–H and O–H groups in total. The van der Waals surface area contributed by atoms with E-state index in [1.807, 2.05) is 6.07 Å². The first-order valence-corrected chi connectivity index (χ1v) is 7.36. The zero-order valence-electron chi connectivity index (χ0n) is 12.9. The molecule has 0 heterocycles. The van der Waals surface area contributed by atoms with E-state index in [1.165, 1.54) is 19.3 Å². The maximum atomic E-state index is 13.5. The molecule has 21 heavy (non-hydrogen) atoms. The van der Waals surface area contributed by atoms with Crippen LogP contribution in [0.3, 0.4) is 0 Å². The SMILES string of the molecule is CCCC1CC1NC(=NC)NCc1ccc(C)c(F)c1.I. The number of nitrogens with zero attached hydrogens (tertiary/aromatic N) is 1. The van der Waals surface area contributed by atoms with Crippen molar-refractivity contribution in [1.82, 2.24) is 10.6 Å². The molecule has 0 saturated heterocycles. The minimum Gasteiger partial charge on any atom is -0.353 e. The molecule has 1 saturated carbocycles. The molecule has 5 heteroatoms. The van der Waals surface area contributed by atoms with E-state index in [1.54, 1.807) is 26.1 Å². The second-order valence-corrected chi connectivity index (χ2v) is 5.54. The molecule has 2 rings (SSSR count). The van der Waals surface area contributed by atoms with E-state index in [9.17, 15) is 4.39 Å². The number of hydrogen-bond acceptors (Lipinski definition) is 1. The van der Waals surface area contributed by atoms with Gasteiger partial charge in [0.2, 0.25) is 0 Å². The number of benzene rings is 1. The van der Waals surface area contributed by atoms with Crippen molar-refractivity contribution in [2.45, 2.75) is 45.7 Å². The van der Waals surface area contributed by atoms with Gasteiger partial charge >= 0.3 is 0 Å². The van der Waals surface area contributed by atoms with E-state index in [-0.39, 0.29) is 29.8 Å². The maximum absolute atomic E-state index is 13.5. The topological polar surface area (TPSA) is 36.4 Å². The summed E-state index contributed by atoms with van der Waals surface area (Å²) >= 11 is 0. The van der Waals surface area contributed by atoms with Gasteiger partial charge in [0, 0.05) is 19.6 Å². The number of rotatable bonds is 5. The van der Waals surface area contributed by atoms with Gasteiger partial charge in [0.15, 0.2) is 5.96 Å². The number of hydrogen-bond donors (Lipinski definition) is 2. The van der Waals surface area contributed by atoms with Crippen LogP contribution in [0.5, 0.6) is 0 Å². The molecule has 0 radical (unpaired) electrons. The predicted molar refractivity (Wildman–Crippen MR) is 96.7 cm³/mol. The molecule has 1 aliphatic rings. The van der Waals surface area contributed by atoms with E-state index in [2.05, 4.69) is 22.5 Å². The smallest absolute Gasteiger partial charge is 0.191 e. The van der Waals surface area contributed by atoms with Crippen molar-refractivity contribution >= 4 is 29.9 Å². The molecule has 1 aliphatic carbocycles. The molecule has 0 spiro atoms. The van der Waals surface area contributed by atoms with Gasteiger partial charge in [0.1, 0.15) is 5.82 Å². The Labute approximate surface area is 143 Å². The van der Waals surface area contributed by atoms with Crippen LogP contribution in [0.4, 0.5) is 4.39 Å². The van der Waals surface area contributed by atoms with Gasteiger partial charge in [0.25, 0.3) is 0 Å². The molecule has 1 aromatic rings. The molecule has 2 unspecified atom stereocenters. The van der Waals surface area contributed by atoms with Crippen molar-refractivity contribution in [2.24, 2.45) is 10.9 Å². The van der Waals surface area contributed by atoms with Gasteiger partial charge in [0.05, 0.1) is 0 Å². The predicted octanol–water partition coefficient (Wildman–Crippen LogP) is 3.61. The maximum Gasteiger partial charge on any atom is 0.191 e. The fraction of sp³-hybridized carbons (Fsp3) is 0.562. The normalized spacial score (nSPS) is 20.7. The van der Waals surface area contributed by atoms with Gasteiger partial charge in [-0.2, -0.15) is 0 Å². The highest BCUT2D eigenvalue weighted by atomic mass is 127. The van der Waals surface area contributed by atoms with Crippen LogP contribution in [0, 0.1) is 18.7 Å². The van der Waals surface area contributed by atoms with Crippen molar-refractivity contribution in [1.29, 1.82) is 0 Å². The first kappa shape index (κ1) is 18.2. The summed E-state index contributed by atoms with van der Waals surface area (Å²) in [5.74, 6) is 1.43. The van der Waals surface area contributed by atoms with Crippen LogP contribution in [-0.2, 0) is 6.54 Å². The highest BCUT2D eigenvalue weighted by Gasteiger charge is 2.36. The molecule has 3 nitrogen and oxygen atoms in total. The highest BCUT2D eigenvalue weighted by molar-refractivity contribution is 14.0. The third-order valence-electron chi connectivity index (χ3n) is 3.82. The van der Waals surface area contributed by atoms with Crippen LogP contribution in [0.1, 0.15) is 37.3 Å². The van der Waals surface area contributed by atoms with Crippen molar-refractivity contribution in [3.63, 3.8) is 0 Å². The Balaban J connectivity index is 0.00000220. The van der Waals surface area contributed by atoms with Crippen LogP contribution in [-0.4, -0.2) is 19.0 Å². The van der Waals surface area contributed by atoms with E-state index < -0.39 is 0 Å².